The SMILES string of the molecule is C[C@@H](CNC(=O)OC(C)(C)C)C(=O)NCC1(c2ccccc2)CCC1. The van der Waals surface area contributed by atoms with Gasteiger partial charge in [-0.1, -0.05) is 43.7 Å². The number of rotatable bonds is 6. The Kier molecular flexibility index (Phi) is 6.09. The Bertz CT molecular complexity index is 589. The molecule has 0 spiro atoms. The fourth-order valence-corrected chi connectivity index (χ4v) is 3.04. The van der Waals surface area contributed by atoms with Crippen LogP contribution in [0, 0.1) is 5.92 Å². The standard InChI is InChI=1S/C20H30N2O3/c1-15(13-21-18(24)25-19(2,3)4)17(23)22-14-20(11-8-12-20)16-9-6-5-7-10-16/h5-7,9-10,15H,8,11-14H2,1-4H3,(H,21,24)(H,22,23)/t15-/m0/s1. The largest absolute Gasteiger partial charge is 0.444 e. The minimum absolute atomic E-state index is 0.0433. The Hall–Kier alpha value is -2.04. The van der Waals surface area contributed by atoms with E-state index in [1.54, 1.807) is 0 Å². The van der Waals surface area contributed by atoms with Gasteiger partial charge in [-0.2, -0.15) is 0 Å². The molecule has 25 heavy (non-hydrogen) atoms. The predicted molar refractivity (Wildman–Crippen MR) is 98.4 cm³/mol. The van der Waals surface area contributed by atoms with Gasteiger partial charge in [-0.05, 0) is 39.2 Å². The van der Waals surface area contributed by atoms with Crippen LogP contribution in [0.3, 0.4) is 0 Å². The van der Waals surface area contributed by atoms with Crippen LogP contribution in [-0.4, -0.2) is 30.7 Å². The first-order chi connectivity index (χ1) is 11.7. The Morgan fingerprint density at radius 3 is 2.32 bits per heavy atom. The number of hydrogen-bond donors (Lipinski definition) is 2. The highest BCUT2D eigenvalue weighted by molar-refractivity contribution is 5.79. The highest BCUT2D eigenvalue weighted by atomic mass is 16.6. The van der Waals surface area contributed by atoms with Gasteiger partial charge in [0, 0.05) is 18.5 Å². The van der Waals surface area contributed by atoms with E-state index in [2.05, 4.69) is 22.8 Å². The van der Waals surface area contributed by atoms with Gasteiger partial charge in [-0.25, -0.2) is 4.79 Å². The van der Waals surface area contributed by atoms with E-state index >= 15 is 0 Å². The lowest BCUT2D eigenvalue weighted by molar-refractivity contribution is -0.124. The quantitative estimate of drug-likeness (QED) is 0.830. The summed E-state index contributed by atoms with van der Waals surface area (Å²) in [6.45, 7) is 8.15. The van der Waals surface area contributed by atoms with Crippen molar-refractivity contribution in [3.63, 3.8) is 0 Å². The van der Waals surface area contributed by atoms with E-state index in [4.69, 9.17) is 4.74 Å². The van der Waals surface area contributed by atoms with Crippen LogP contribution < -0.4 is 10.6 Å². The zero-order valence-electron chi connectivity index (χ0n) is 15.7. The minimum atomic E-state index is -0.540. The molecule has 1 aromatic rings. The van der Waals surface area contributed by atoms with Gasteiger partial charge in [0.25, 0.3) is 0 Å². The first kappa shape index (κ1) is 19.3. The Morgan fingerprint density at radius 1 is 1.16 bits per heavy atom. The van der Waals surface area contributed by atoms with Gasteiger partial charge >= 0.3 is 6.09 Å². The Balaban J connectivity index is 1.80. The Morgan fingerprint density at radius 2 is 1.80 bits per heavy atom. The maximum absolute atomic E-state index is 12.4. The second-order valence-corrected chi connectivity index (χ2v) is 8.00. The summed E-state index contributed by atoms with van der Waals surface area (Å²) in [7, 11) is 0. The highest BCUT2D eigenvalue weighted by Gasteiger charge is 2.38. The fourth-order valence-electron chi connectivity index (χ4n) is 3.04. The maximum Gasteiger partial charge on any atom is 0.407 e. The maximum atomic E-state index is 12.4. The van der Waals surface area contributed by atoms with Crippen LogP contribution in [0.15, 0.2) is 30.3 Å². The summed E-state index contributed by atoms with van der Waals surface area (Å²) in [5.41, 5.74) is 0.818. The number of carbonyl (C=O) groups excluding carboxylic acids is 2. The zero-order chi connectivity index (χ0) is 18.5. The highest BCUT2D eigenvalue weighted by Crippen LogP contribution is 2.43. The first-order valence-electron chi connectivity index (χ1n) is 9.02. The smallest absolute Gasteiger partial charge is 0.407 e. The number of alkyl carbamates (subject to hydrolysis) is 1. The molecule has 2 amide bonds. The van der Waals surface area contributed by atoms with Gasteiger partial charge in [0.2, 0.25) is 5.91 Å². The molecule has 5 heteroatoms. The molecule has 1 fully saturated rings. The fraction of sp³-hybridized carbons (Fsp3) is 0.600. The van der Waals surface area contributed by atoms with E-state index in [1.165, 1.54) is 12.0 Å². The van der Waals surface area contributed by atoms with Gasteiger partial charge in [0.15, 0.2) is 0 Å². The molecule has 0 radical (unpaired) electrons. The first-order valence-corrected chi connectivity index (χ1v) is 9.02. The van der Waals surface area contributed by atoms with Crippen molar-refractivity contribution in [1.82, 2.24) is 10.6 Å². The number of amides is 2. The molecule has 0 unspecified atom stereocenters. The third-order valence-corrected chi connectivity index (χ3v) is 4.70. The van der Waals surface area contributed by atoms with Crippen molar-refractivity contribution in [1.29, 1.82) is 0 Å². The lowest BCUT2D eigenvalue weighted by Gasteiger charge is -2.42. The van der Waals surface area contributed by atoms with Crippen LogP contribution >= 0.6 is 0 Å². The van der Waals surface area contributed by atoms with Crippen molar-refractivity contribution in [2.24, 2.45) is 5.92 Å². The van der Waals surface area contributed by atoms with E-state index in [0.717, 1.165) is 12.8 Å². The van der Waals surface area contributed by atoms with Gasteiger partial charge < -0.3 is 15.4 Å². The third-order valence-electron chi connectivity index (χ3n) is 4.70. The Labute approximate surface area is 150 Å². The zero-order valence-corrected chi connectivity index (χ0v) is 15.7. The van der Waals surface area contributed by atoms with Gasteiger partial charge in [-0.3, -0.25) is 4.79 Å². The van der Waals surface area contributed by atoms with Crippen LogP contribution in [-0.2, 0) is 14.9 Å². The van der Waals surface area contributed by atoms with E-state index in [9.17, 15) is 9.59 Å². The molecule has 1 atom stereocenters. The van der Waals surface area contributed by atoms with Crippen molar-refractivity contribution in [2.45, 2.75) is 58.0 Å². The van der Waals surface area contributed by atoms with Gasteiger partial charge in [0.05, 0.1) is 5.92 Å². The molecule has 1 aliphatic carbocycles. The topological polar surface area (TPSA) is 67.4 Å². The van der Waals surface area contributed by atoms with Gasteiger partial charge in [-0.15, -0.1) is 0 Å². The molecule has 1 aliphatic rings. The van der Waals surface area contributed by atoms with Crippen molar-refractivity contribution >= 4 is 12.0 Å². The van der Waals surface area contributed by atoms with Crippen molar-refractivity contribution in [2.75, 3.05) is 13.1 Å². The molecule has 0 bridgehead atoms. The average molecular weight is 346 g/mol. The summed E-state index contributed by atoms with van der Waals surface area (Å²) in [5.74, 6) is -0.348. The molecular weight excluding hydrogens is 316 g/mol. The molecule has 0 saturated heterocycles. The summed E-state index contributed by atoms with van der Waals surface area (Å²) < 4.78 is 5.18. The monoisotopic (exact) mass is 346 g/mol. The number of hydrogen-bond acceptors (Lipinski definition) is 3. The van der Waals surface area contributed by atoms with Crippen molar-refractivity contribution in [3.8, 4) is 0 Å². The molecule has 2 N–H and O–H groups in total. The molecule has 2 rings (SSSR count). The summed E-state index contributed by atoms with van der Waals surface area (Å²) in [5, 5.41) is 5.72. The van der Waals surface area contributed by atoms with E-state index in [-0.39, 0.29) is 23.8 Å². The summed E-state index contributed by atoms with van der Waals surface area (Å²) in [4.78, 5) is 24.0. The van der Waals surface area contributed by atoms with Crippen LogP contribution in [0.5, 0.6) is 0 Å². The minimum Gasteiger partial charge on any atom is -0.444 e. The number of ether oxygens (including phenoxy) is 1. The van der Waals surface area contributed by atoms with Crippen molar-refractivity contribution in [3.05, 3.63) is 35.9 Å². The molecule has 0 aromatic heterocycles. The van der Waals surface area contributed by atoms with E-state index in [0.29, 0.717) is 6.54 Å². The van der Waals surface area contributed by atoms with Crippen LogP contribution in [0.2, 0.25) is 0 Å². The van der Waals surface area contributed by atoms with Crippen LogP contribution in [0.4, 0.5) is 4.79 Å². The number of nitrogens with one attached hydrogen (secondary N) is 2. The average Bonchev–Trinajstić information content (AvgIpc) is 2.50. The number of carbonyl (C=O) groups is 2. The lowest BCUT2D eigenvalue weighted by Crippen LogP contribution is -2.48. The molecule has 1 aromatic carbocycles. The molecule has 1 saturated carbocycles. The molecule has 138 valence electrons. The van der Waals surface area contributed by atoms with Crippen LogP contribution in [0.1, 0.15) is 52.5 Å². The van der Waals surface area contributed by atoms with Crippen molar-refractivity contribution < 1.29 is 14.3 Å². The predicted octanol–water partition coefficient (Wildman–Crippen LogP) is 3.39. The molecule has 0 aliphatic heterocycles. The third kappa shape index (κ3) is 5.48. The van der Waals surface area contributed by atoms with E-state index < -0.39 is 11.7 Å². The lowest BCUT2D eigenvalue weighted by atomic mass is 9.64. The number of benzene rings is 1. The van der Waals surface area contributed by atoms with Crippen LogP contribution in [0.25, 0.3) is 0 Å². The molecule has 5 nitrogen and oxygen atoms in total. The van der Waals surface area contributed by atoms with Gasteiger partial charge in [0.1, 0.15) is 5.60 Å². The second kappa shape index (κ2) is 7.89. The molecule has 0 heterocycles. The summed E-state index contributed by atoms with van der Waals surface area (Å²) in [6, 6.07) is 10.4. The van der Waals surface area contributed by atoms with E-state index in [1.807, 2.05) is 45.9 Å². The molecular formula is C20H30N2O3. The normalized spacial score (nSPS) is 17.1. The summed E-state index contributed by atoms with van der Waals surface area (Å²) >= 11 is 0. The summed E-state index contributed by atoms with van der Waals surface area (Å²) in [6.07, 6.45) is 2.90. The second-order valence-electron chi connectivity index (χ2n) is 8.00.